The van der Waals surface area contributed by atoms with Crippen LogP contribution in [0.5, 0.6) is 5.75 Å². The lowest BCUT2D eigenvalue weighted by molar-refractivity contribution is -0.140. The van der Waals surface area contributed by atoms with Crippen LogP contribution < -0.4 is 15.0 Å². The van der Waals surface area contributed by atoms with Gasteiger partial charge in [-0.15, -0.1) is 0 Å². The van der Waals surface area contributed by atoms with E-state index in [1.807, 2.05) is 36.4 Å². The van der Waals surface area contributed by atoms with Gasteiger partial charge in [-0.1, -0.05) is 68.0 Å². The molecule has 1 aliphatic heterocycles. The van der Waals surface area contributed by atoms with Gasteiger partial charge in [-0.05, 0) is 42.2 Å². The van der Waals surface area contributed by atoms with Crippen molar-refractivity contribution < 1.29 is 19.4 Å². The lowest BCUT2D eigenvalue weighted by Crippen LogP contribution is -2.54. The average Bonchev–Trinajstić information content (AvgIpc) is 2.93. The van der Waals surface area contributed by atoms with Crippen molar-refractivity contribution in [2.75, 3.05) is 11.5 Å². The predicted octanol–water partition coefficient (Wildman–Crippen LogP) is 4.65. The molecular formula is C25H29ClN2O4. The molecule has 6 nitrogen and oxygen atoms in total. The Labute approximate surface area is 193 Å². The number of amides is 1. The number of nitrogens with zero attached hydrogens (tertiary/aromatic N) is 1. The Morgan fingerprint density at radius 2 is 1.84 bits per heavy atom. The van der Waals surface area contributed by atoms with Gasteiger partial charge in [0.05, 0.1) is 12.2 Å². The number of ether oxygens (including phenoxy) is 1. The van der Waals surface area contributed by atoms with Crippen molar-refractivity contribution >= 4 is 29.2 Å². The Balaban J connectivity index is 1.55. The molecule has 2 aromatic carbocycles. The van der Waals surface area contributed by atoms with Gasteiger partial charge in [0, 0.05) is 5.02 Å². The number of rotatable bonds is 7. The van der Waals surface area contributed by atoms with Crippen LogP contribution in [0.15, 0.2) is 48.5 Å². The van der Waals surface area contributed by atoms with Crippen molar-refractivity contribution in [3.05, 3.63) is 59.1 Å². The van der Waals surface area contributed by atoms with E-state index in [1.54, 1.807) is 17.0 Å². The highest BCUT2D eigenvalue weighted by atomic mass is 35.5. The molecule has 2 atom stereocenters. The summed E-state index contributed by atoms with van der Waals surface area (Å²) >= 11 is 6.01. The molecule has 1 fully saturated rings. The molecule has 32 heavy (non-hydrogen) atoms. The largest absolute Gasteiger partial charge is 0.489 e. The molecule has 1 unspecified atom stereocenters. The summed E-state index contributed by atoms with van der Waals surface area (Å²) < 4.78 is 5.95. The molecule has 2 N–H and O–H groups in total. The maximum absolute atomic E-state index is 13.6. The van der Waals surface area contributed by atoms with Gasteiger partial charge in [0.25, 0.3) is 0 Å². The second kappa shape index (κ2) is 10.4. The molecule has 1 aliphatic carbocycles. The summed E-state index contributed by atoms with van der Waals surface area (Å²) in [5.74, 6) is -0.131. The molecule has 7 heteroatoms. The number of halogens is 1. The number of nitrogens with one attached hydrogen (secondary N) is 1. The molecule has 1 heterocycles. The first-order valence-corrected chi connectivity index (χ1v) is 11.7. The summed E-state index contributed by atoms with van der Waals surface area (Å²) in [6.45, 7) is 0.427. The Morgan fingerprint density at radius 3 is 2.56 bits per heavy atom. The van der Waals surface area contributed by atoms with Gasteiger partial charge in [0.15, 0.2) is 0 Å². The van der Waals surface area contributed by atoms with Crippen molar-refractivity contribution in [1.29, 1.82) is 0 Å². The zero-order valence-corrected chi connectivity index (χ0v) is 18.8. The number of aliphatic carboxylic acids is 1. The number of carbonyl (C=O) groups is 2. The van der Waals surface area contributed by atoms with Gasteiger partial charge in [0.2, 0.25) is 5.91 Å². The monoisotopic (exact) mass is 456 g/mol. The maximum Gasteiger partial charge on any atom is 0.320 e. The topological polar surface area (TPSA) is 78.9 Å². The Kier molecular flexibility index (Phi) is 7.33. The van der Waals surface area contributed by atoms with Crippen LogP contribution in [0.1, 0.15) is 44.1 Å². The summed E-state index contributed by atoms with van der Waals surface area (Å²) in [5, 5.41) is 13.6. The zero-order chi connectivity index (χ0) is 22.5. The van der Waals surface area contributed by atoms with Crippen molar-refractivity contribution in [2.45, 2.75) is 57.2 Å². The van der Waals surface area contributed by atoms with Crippen LogP contribution in [0, 0.1) is 5.92 Å². The number of para-hydroxylation sites is 2. The first-order valence-electron chi connectivity index (χ1n) is 11.3. The highest BCUT2D eigenvalue weighted by Crippen LogP contribution is 2.33. The van der Waals surface area contributed by atoms with Crippen molar-refractivity contribution in [2.24, 2.45) is 5.92 Å². The third-order valence-corrected chi connectivity index (χ3v) is 6.63. The minimum Gasteiger partial charge on any atom is -0.489 e. The summed E-state index contributed by atoms with van der Waals surface area (Å²) in [7, 11) is 0. The van der Waals surface area contributed by atoms with Crippen LogP contribution in [0.3, 0.4) is 0 Å². The minimum atomic E-state index is -0.922. The molecule has 0 saturated heterocycles. The normalized spacial score (nSPS) is 20.2. The standard InChI is InChI=1S/C25H29ClN2O4/c26-19-12-10-18(11-13-19)15-28-22-8-4-5-9-23(22)32-16-21(24(28)29)27-20(25(30)31)14-17-6-2-1-3-7-17/h4-5,8-13,17,20-21,27H,1-3,6-7,14-16H2,(H,30,31)/t20-,21?/m0/s1. The number of carboxylic acids is 1. The smallest absolute Gasteiger partial charge is 0.320 e. The van der Waals surface area contributed by atoms with E-state index in [-0.39, 0.29) is 12.5 Å². The number of carbonyl (C=O) groups excluding carboxylic acids is 1. The highest BCUT2D eigenvalue weighted by molar-refractivity contribution is 6.30. The molecule has 170 valence electrons. The van der Waals surface area contributed by atoms with Gasteiger partial charge in [-0.25, -0.2) is 0 Å². The zero-order valence-electron chi connectivity index (χ0n) is 18.0. The fraction of sp³-hybridized carbons (Fsp3) is 0.440. The van der Waals surface area contributed by atoms with Crippen LogP contribution >= 0.6 is 11.6 Å². The van der Waals surface area contributed by atoms with Crippen LogP contribution in [0.4, 0.5) is 5.69 Å². The van der Waals surface area contributed by atoms with E-state index in [9.17, 15) is 14.7 Å². The number of hydrogen-bond acceptors (Lipinski definition) is 4. The molecule has 2 aromatic rings. The van der Waals surface area contributed by atoms with Crippen molar-refractivity contribution in [3.8, 4) is 5.75 Å². The van der Waals surface area contributed by atoms with E-state index >= 15 is 0 Å². The molecule has 2 aliphatic rings. The molecule has 0 aromatic heterocycles. The van der Waals surface area contributed by atoms with E-state index in [4.69, 9.17) is 16.3 Å². The molecule has 1 saturated carbocycles. The van der Waals surface area contributed by atoms with E-state index in [0.29, 0.717) is 35.3 Å². The first kappa shape index (κ1) is 22.6. The third-order valence-electron chi connectivity index (χ3n) is 6.37. The summed E-state index contributed by atoms with van der Waals surface area (Å²) in [6, 6.07) is 13.2. The van der Waals surface area contributed by atoms with Gasteiger partial charge in [-0.3, -0.25) is 14.9 Å². The minimum absolute atomic E-state index is 0.0847. The fourth-order valence-electron chi connectivity index (χ4n) is 4.65. The van der Waals surface area contributed by atoms with Gasteiger partial charge in [-0.2, -0.15) is 0 Å². The quantitative estimate of drug-likeness (QED) is 0.634. The summed E-state index contributed by atoms with van der Waals surface area (Å²) in [4.78, 5) is 27.3. The molecule has 0 radical (unpaired) electrons. The molecule has 0 spiro atoms. The molecule has 1 amide bonds. The number of carboxylic acid groups (broad SMARTS) is 1. The lowest BCUT2D eigenvalue weighted by atomic mass is 9.84. The second-order valence-electron chi connectivity index (χ2n) is 8.68. The maximum atomic E-state index is 13.6. The summed E-state index contributed by atoms with van der Waals surface area (Å²) in [5.41, 5.74) is 1.60. The van der Waals surface area contributed by atoms with E-state index < -0.39 is 18.1 Å². The van der Waals surface area contributed by atoms with Crippen LogP contribution in [0.25, 0.3) is 0 Å². The lowest BCUT2D eigenvalue weighted by Gasteiger charge is -2.29. The van der Waals surface area contributed by atoms with E-state index in [2.05, 4.69) is 5.32 Å². The van der Waals surface area contributed by atoms with Crippen LogP contribution in [0.2, 0.25) is 5.02 Å². The van der Waals surface area contributed by atoms with Gasteiger partial charge in [0.1, 0.15) is 24.4 Å². The number of anilines is 1. The number of benzene rings is 2. The average molecular weight is 457 g/mol. The Bertz CT molecular complexity index is 943. The molecule has 4 rings (SSSR count). The number of hydrogen-bond donors (Lipinski definition) is 2. The second-order valence-corrected chi connectivity index (χ2v) is 9.12. The third kappa shape index (κ3) is 5.43. The van der Waals surface area contributed by atoms with E-state index in [1.165, 1.54) is 6.42 Å². The fourth-order valence-corrected chi connectivity index (χ4v) is 4.77. The number of fused-ring (bicyclic) bond motifs is 1. The van der Waals surface area contributed by atoms with Crippen LogP contribution in [-0.2, 0) is 16.1 Å². The van der Waals surface area contributed by atoms with Gasteiger partial charge >= 0.3 is 5.97 Å². The summed E-state index contributed by atoms with van der Waals surface area (Å²) in [6.07, 6.45) is 6.14. The molecular weight excluding hydrogens is 428 g/mol. The van der Waals surface area contributed by atoms with Crippen molar-refractivity contribution in [1.82, 2.24) is 5.32 Å². The SMILES string of the molecule is O=C(O)[C@H](CC1CCCCC1)NC1COc2ccccc2N(Cc2ccc(Cl)cc2)C1=O. The molecule has 0 bridgehead atoms. The van der Waals surface area contributed by atoms with Crippen LogP contribution in [-0.4, -0.2) is 35.7 Å². The Morgan fingerprint density at radius 1 is 1.12 bits per heavy atom. The first-order chi connectivity index (χ1) is 15.5. The Hall–Kier alpha value is -2.57. The van der Waals surface area contributed by atoms with Gasteiger partial charge < -0.3 is 14.7 Å². The van der Waals surface area contributed by atoms with Crippen molar-refractivity contribution in [3.63, 3.8) is 0 Å². The van der Waals surface area contributed by atoms with E-state index in [0.717, 1.165) is 31.2 Å². The highest BCUT2D eigenvalue weighted by Gasteiger charge is 2.35. The predicted molar refractivity (Wildman–Crippen MR) is 124 cm³/mol.